The molecule has 0 unspecified atom stereocenters. The summed E-state index contributed by atoms with van der Waals surface area (Å²) in [6, 6.07) is 0. The van der Waals surface area contributed by atoms with Crippen LogP contribution in [0.3, 0.4) is 0 Å². The van der Waals surface area contributed by atoms with Crippen LogP contribution in [0.4, 0.5) is 0 Å². The first kappa shape index (κ1) is 8.98. The van der Waals surface area contributed by atoms with Gasteiger partial charge in [0.15, 0.2) is 0 Å². The molecule has 3 atom stereocenters. The minimum Gasteiger partial charge on any atom is -0.303 e. The summed E-state index contributed by atoms with van der Waals surface area (Å²) < 4.78 is 0. The molecule has 0 radical (unpaired) electrons. The fourth-order valence-corrected chi connectivity index (χ4v) is 3.43. The molecule has 0 amide bonds. The smallest absolute Gasteiger partial charge is 0.123 e. The first-order valence-electron chi connectivity index (χ1n) is 5.30. The van der Waals surface area contributed by atoms with Crippen molar-refractivity contribution in [3.63, 3.8) is 0 Å². The highest BCUT2D eigenvalue weighted by molar-refractivity contribution is 5.56. The molecule has 2 aliphatic rings. The van der Waals surface area contributed by atoms with Crippen molar-refractivity contribution in [3.05, 3.63) is 12.2 Å². The molecule has 0 bridgehead atoms. The van der Waals surface area contributed by atoms with Gasteiger partial charge < -0.3 is 4.79 Å². The molecule has 2 aliphatic carbocycles. The summed E-state index contributed by atoms with van der Waals surface area (Å²) in [5, 5.41) is 0. The SMILES string of the molecule is C=C1CCC[C@]2(C)CC[C@H](C=O)[C@@H]12. The molecule has 0 aromatic carbocycles. The predicted molar refractivity (Wildman–Crippen MR) is 53.4 cm³/mol. The van der Waals surface area contributed by atoms with Crippen LogP contribution in [0.25, 0.3) is 0 Å². The standard InChI is InChI=1S/C12H18O/c1-9-4-3-6-12(2)7-5-10(8-13)11(9)12/h8,10-11H,1,3-7H2,2H3/t10-,11-,12-/m1/s1. The maximum atomic E-state index is 10.9. The minimum atomic E-state index is 0.276. The van der Waals surface area contributed by atoms with Gasteiger partial charge in [-0.1, -0.05) is 19.1 Å². The Hall–Kier alpha value is -0.590. The van der Waals surface area contributed by atoms with E-state index in [9.17, 15) is 4.79 Å². The Morgan fingerprint density at radius 2 is 2.31 bits per heavy atom. The second-order valence-electron chi connectivity index (χ2n) is 4.98. The highest BCUT2D eigenvalue weighted by atomic mass is 16.1. The molecule has 1 nitrogen and oxygen atoms in total. The van der Waals surface area contributed by atoms with Crippen LogP contribution in [0, 0.1) is 17.3 Å². The lowest BCUT2D eigenvalue weighted by Crippen LogP contribution is -2.30. The zero-order valence-corrected chi connectivity index (χ0v) is 8.38. The lowest BCUT2D eigenvalue weighted by atomic mass is 9.66. The van der Waals surface area contributed by atoms with E-state index in [4.69, 9.17) is 0 Å². The van der Waals surface area contributed by atoms with Crippen molar-refractivity contribution in [3.8, 4) is 0 Å². The number of aldehydes is 1. The Morgan fingerprint density at radius 3 is 3.00 bits per heavy atom. The van der Waals surface area contributed by atoms with E-state index >= 15 is 0 Å². The van der Waals surface area contributed by atoms with Crippen LogP contribution in [0.2, 0.25) is 0 Å². The van der Waals surface area contributed by atoms with Gasteiger partial charge in [-0.15, -0.1) is 0 Å². The summed E-state index contributed by atoms with van der Waals surface area (Å²) in [5.74, 6) is 0.775. The van der Waals surface area contributed by atoms with Crippen molar-refractivity contribution < 1.29 is 4.79 Å². The van der Waals surface area contributed by atoms with Gasteiger partial charge in [0.2, 0.25) is 0 Å². The Balaban J connectivity index is 2.28. The maximum Gasteiger partial charge on any atom is 0.123 e. The molecule has 0 aromatic heterocycles. The second kappa shape index (κ2) is 2.97. The predicted octanol–water partition coefficient (Wildman–Crippen LogP) is 2.96. The number of hydrogen-bond donors (Lipinski definition) is 0. The van der Waals surface area contributed by atoms with Crippen molar-refractivity contribution in [2.45, 2.75) is 39.0 Å². The third kappa shape index (κ3) is 1.25. The summed E-state index contributed by atoms with van der Waals surface area (Å²) in [6.45, 7) is 6.48. The van der Waals surface area contributed by atoms with Crippen molar-refractivity contribution >= 4 is 6.29 Å². The first-order chi connectivity index (χ1) is 6.17. The molecule has 2 saturated carbocycles. The van der Waals surface area contributed by atoms with E-state index in [0.717, 1.165) is 19.1 Å². The number of fused-ring (bicyclic) bond motifs is 1. The number of allylic oxidation sites excluding steroid dienone is 1. The van der Waals surface area contributed by atoms with Gasteiger partial charge in [-0.3, -0.25) is 0 Å². The average Bonchev–Trinajstić information content (AvgIpc) is 2.43. The number of carbonyl (C=O) groups excluding carboxylic acids is 1. The highest BCUT2D eigenvalue weighted by Crippen LogP contribution is 2.55. The van der Waals surface area contributed by atoms with Gasteiger partial charge in [0, 0.05) is 5.92 Å². The number of rotatable bonds is 1. The van der Waals surface area contributed by atoms with E-state index in [2.05, 4.69) is 13.5 Å². The molecule has 72 valence electrons. The quantitative estimate of drug-likeness (QED) is 0.445. The van der Waals surface area contributed by atoms with E-state index in [1.54, 1.807) is 0 Å². The lowest BCUT2D eigenvalue weighted by Gasteiger charge is -2.39. The molecule has 0 heterocycles. The van der Waals surface area contributed by atoms with Gasteiger partial charge in [-0.25, -0.2) is 0 Å². The second-order valence-corrected chi connectivity index (χ2v) is 4.98. The number of hydrogen-bond acceptors (Lipinski definition) is 1. The Morgan fingerprint density at radius 1 is 1.54 bits per heavy atom. The lowest BCUT2D eigenvalue weighted by molar-refractivity contribution is -0.112. The summed E-state index contributed by atoms with van der Waals surface area (Å²) >= 11 is 0. The van der Waals surface area contributed by atoms with Crippen LogP contribution in [-0.2, 0) is 4.79 Å². The molecule has 2 fully saturated rings. The van der Waals surface area contributed by atoms with E-state index in [0.29, 0.717) is 11.3 Å². The summed E-state index contributed by atoms with van der Waals surface area (Å²) in [6.07, 6.45) is 7.18. The Labute approximate surface area is 80.2 Å². The maximum absolute atomic E-state index is 10.9. The zero-order valence-electron chi connectivity index (χ0n) is 8.38. The fourth-order valence-electron chi connectivity index (χ4n) is 3.43. The van der Waals surface area contributed by atoms with Crippen molar-refractivity contribution in [1.82, 2.24) is 0 Å². The van der Waals surface area contributed by atoms with Crippen LogP contribution in [0.15, 0.2) is 12.2 Å². The van der Waals surface area contributed by atoms with Gasteiger partial charge in [0.1, 0.15) is 6.29 Å². The monoisotopic (exact) mass is 178 g/mol. The highest BCUT2D eigenvalue weighted by Gasteiger charge is 2.47. The molecule has 0 saturated heterocycles. The summed E-state index contributed by atoms with van der Waals surface area (Å²) in [4.78, 5) is 10.9. The van der Waals surface area contributed by atoms with E-state index in [1.807, 2.05) is 0 Å². The van der Waals surface area contributed by atoms with E-state index in [1.165, 1.54) is 24.8 Å². The van der Waals surface area contributed by atoms with Gasteiger partial charge in [0.05, 0.1) is 0 Å². The molecule has 0 spiro atoms. The van der Waals surface area contributed by atoms with Crippen LogP contribution in [0.1, 0.15) is 39.0 Å². The Bertz CT molecular complexity index is 244. The van der Waals surface area contributed by atoms with Gasteiger partial charge in [-0.05, 0) is 43.4 Å². The van der Waals surface area contributed by atoms with Gasteiger partial charge in [-0.2, -0.15) is 0 Å². The first-order valence-corrected chi connectivity index (χ1v) is 5.30. The van der Waals surface area contributed by atoms with E-state index in [-0.39, 0.29) is 5.92 Å². The number of carbonyl (C=O) groups is 1. The molecular weight excluding hydrogens is 160 g/mol. The molecule has 2 rings (SSSR count). The molecule has 0 N–H and O–H groups in total. The van der Waals surface area contributed by atoms with Crippen LogP contribution in [-0.4, -0.2) is 6.29 Å². The minimum absolute atomic E-state index is 0.276. The van der Waals surface area contributed by atoms with Crippen LogP contribution >= 0.6 is 0 Å². The largest absolute Gasteiger partial charge is 0.303 e. The van der Waals surface area contributed by atoms with Crippen molar-refractivity contribution in [2.75, 3.05) is 0 Å². The molecule has 0 aliphatic heterocycles. The Kier molecular flexibility index (Phi) is 2.05. The van der Waals surface area contributed by atoms with Crippen molar-refractivity contribution in [2.24, 2.45) is 17.3 Å². The summed E-state index contributed by atoms with van der Waals surface area (Å²) in [5.41, 5.74) is 1.74. The third-order valence-electron chi connectivity index (χ3n) is 4.09. The normalized spacial score (nSPS) is 44.5. The van der Waals surface area contributed by atoms with Crippen LogP contribution < -0.4 is 0 Å². The third-order valence-corrected chi connectivity index (χ3v) is 4.09. The average molecular weight is 178 g/mol. The molecule has 13 heavy (non-hydrogen) atoms. The van der Waals surface area contributed by atoms with Crippen molar-refractivity contribution in [1.29, 1.82) is 0 Å². The summed E-state index contributed by atoms with van der Waals surface area (Å²) in [7, 11) is 0. The van der Waals surface area contributed by atoms with Gasteiger partial charge in [0.25, 0.3) is 0 Å². The molecular formula is C12H18O. The fraction of sp³-hybridized carbons (Fsp3) is 0.750. The molecule has 1 heteroatoms. The zero-order chi connectivity index (χ0) is 9.47. The van der Waals surface area contributed by atoms with Gasteiger partial charge >= 0.3 is 0 Å². The molecule has 0 aromatic rings. The topological polar surface area (TPSA) is 17.1 Å². The van der Waals surface area contributed by atoms with Crippen LogP contribution in [0.5, 0.6) is 0 Å². The van der Waals surface area contributed by atoms with E-state index < -0.39 is 0 Å².